The van der Waals surface area contributed by atoms with Gasteiger partial charge in [0, 0.05) is 33.4 Å². The van der Waals surface area contributed by atoms with E-state index in [0.717, 1.165) is 52.6 Å². The Balaban J connectivity index is 0.000000968. The van der Waals surface area contributed by atoms with Crippen LogP contribution in [0.2, 0.25) is 0 Å². The minimum absolute atomic E-state index is 0. The van der Waals surface area contributed by atoms with Crippen molar-refractivity contribution in [2.45, 2.75) is 236 Å². The Kier molecular flexibility index (Phi) is 22.6. The van der Waals surface area contributed by atoms with Gasteiger partial charge in [0.25, 0.3) is 0 Å². The second-order valence-electron chi connectivity index (χ2n) is 24.1. The van der Waals surface area contributed by atoms with E-state index in [1.165, 1.54) is 0 Å². The maximum absolute atomic E-state index is 11.7. The number of rotatable bonds is 12. The standard InChI is InChI=1S/3C19H30O3.Al/c3*1-9-12(2)22-16-14(17(20)21)10-13(18(3,4)5)11-15(16)19(6,7)8;/h3*10-12H,9H2,1-8H3,(H,20,21);/q;;;+3/p-3. The predicted octanol–water partition coefficient (Wildman–Crippen LogP) is 11.1. The zero-order chi connectivity index (χ0) is 51.9. The van der Waals surface area contributed by atoms with E-state index in [1.54, 1.807) is 18.2 Å². The van der Waals surface area contributed by atoms with Gasteiger partial charge in [0.1, 0.15) is 17.2 Å². The van der Waals surface area contributed by atoms with Gasteiger partial charge in [-0.2, -0.15) is 0 Å². The zero-order valence-electron chi connectivity index (χ0n) is 46.1. The van der Waals surface area contributed by atoms with Crippen molar-refractivity contribution < 1.29 is 43.9 Å². The topological polar surface area (TPSA) is 148 Å². The molecule has 0 aliphatic heterocycles. The summed E-state index contributed by atoms with van der Waals surface area (Å²) >= 11 is 0. The Morgan fingerprint density at radius 1 is 0.388 bits per heavy atom. The molecule has 372 valence electrons. The van der Waals surface area contributed by atoms with Crippen molar-refractivity contribution in [1.82, 2.24) is 0 Å². The molecule has 0 bridgehead atoms. The monoisotopic (exact) mass is 943 g/mol. The smallest absolute Gasteiger partial charge is 0.545 e. The van der Waals surface area contributed by atoms with Crippen LogP contribution in [-0.2, 0) is 32.5 Å². The summed E-state index contributed by atoms with van der Waals surface area (Å²) in [7, 11) is 0. The third kappa shape index (κ3) is 18.4. The largest absolute Gasteiger partial charge is 3.00 e. The molecule has 0 radical (unpaired) electrons. The number of benzene rings is 3. The van der Waals surface area contributed by atoms with Gasteiger partial charge in [-0.3, -0.25) is 0 Å². The minimum atomic E-state index is -1.19. The van der Waals surface area contributed by atoms with E-state index in [-0.39, 0.29) is 84.9 Å². The summed E-state index contributed by atoms with van der Waals surface area (Å²) in [6.07, 6.45) is 2.32. The molecule has 9 nitrogen and oxygen atoms in total. The summed E-state index contributed by atoms with van der Waals surface area (Å²) in [6.45, 7) is 49.1. The van der Waals surface area contributed by atoms with Crippen LogP contribution in [0.4, 0.5) is 0 Å². The van der Waals surface area contributed by atoms with Gasteiger partial charge in [-0.05, 0) is 107 Å². The molecule has 0 aliphatic rings. The van der Waals surface area contributed by atoms with Gasteiger partial charge >= 0.3 is 17.4 Å². The number of hydrogen-bond donors (Lipinski definition) is 0. The number of carbonyl (C=O) groups is 3. The molecule has 0 amide bonds. The average molecular weight is 943 g/mol. The van der Waals surface area contributed by atoms with Crippen molar-refractivity contribution in [2.75, 3.05) is 0 Å². The summed E-state index contributed by atoms with van der Waals surface area (Å²) < 4.78 is 17.9. The number of carboxylic acids is 3. The van der Waals surface area contributed by atoms with Gasteiger partial charge in [-0.15, -0.1) is 0 Å². The number of ether oxygens (including phenoxy) is 3. The molecular formula is C57H87AlO9. The molecule has 10 heteroatoms. The summed E-state index contributed by atoms with van der Waals surface area (Å²) in [4.78, 5) is 35.0. The van der Waals surface area contributed by atoms with Crippen molar-refractivity contribution in [1.29, 1.82) is 0 Å². The van der Waals surface area contributed by atoms with Crippen LogP contribution in [0.25, 0.3) is 0 Å². The van der Waals surface area contributed by atoms with Crippen LogP contribution in [0.15, 0.2) is 36.4 Å². The third-order valence-corrected chi connectivity index (χ3v) is 11.6. The fourth-order valence-electron chi connectivity index (χ4n) is 6.55. The van der Waals surface area contributed by atoms with E-state index in [9.17, 15) is 29.7 Å². The van der Waals surface area contributed by atoms with E-state index in [1.807, 2.05) is 41.5 Å². The van der Waals surface area contributed by atoms with E-state index >= 15 is 0 Å². The van der Waals surface area contributed by atoms with E-state index in [0.29, 0.717) is 17.2 Å². The second kappa shape index (κ2) is 24.0. The van der Waals surface area contributed by atoms with Crippen LogP contribution in [0.5, 0.6) is 17.2 Å². The van der Waals surface area contributed by atoms with E-state index < -0.39 is 17.9 Å². The Bertz CT molecular complexity index is 1880. The first kappa shape index (κ1) is 63.0. The van der Waals surface area contributed by atoms with Gasteiger partial charge in [-0.1, -0.05) is 164 Å². The van der Waals surface area contributed by atoms with E-state index in [2.05, 4.69) is 143 Å². The van der Waals surface area contributed by atoms with Gasteiger partial charge in [-0.25, -0.2) is 0 Å². The molecule has 0 heterocycles. The molecule has 3 unspecified atom stereocenters. The van der Waals surface area contributed by atoms with Crippen molar-refractivity contribution in [3.63, 3.8) is 0 Å². The summed E-state index contributed by atoms with van der Waals surface area (Å²) in [6, 6.07) is 11.3. The SMILES string of the molecule is CCC(C)Oc1c(C(=O)[O-])cc(C(C)(C)C)cc1C(C)(C)C.CCC(C)Oc1c(C(=O)[O-])cc(C(C)(C)C)cc1C(C)(C)C.CCC(C)Oc1c(C(=O)[O-])cc(C(C)(C)C)cc1C(C)(C)C.[Al+3]. The van der Waals surface area contributed by atoms with Crippen LogP contribution in [0.1, 0.15) is 250 Å². The first-order valence-electron chi connectivity index (χ1n) is 23.8. The van der Waals surface area contributed by atoms with Gasteiger partial charge < -0.3 is 43.9 Å². The van der Waals surface area contributed by atoms with Crippen LogP contribution in [0.3, 0.4) is 0 Å². The molecule has 0 aliphatic carbocycles. The summed E-state index contributed by atoms with van der Waals surface area (Å²) in [5.41, 5.74) is 5.08. The second-order valence-corrected chi connectivity index (χ2v) is 24.1. The van der Waals surface area contributed by atoms with Crippen LogP contribution < -0.4 is 29.5 Å². The normalized spacial score (nSPS) is 13.6. The number of aromatic carboxylic acids is 3. The molecule has 3 aromatic rings. The molecule has 0 aromatic heterocycles. The number of carbonyl (C=O) groups excluding carboxylic acids is 3. The maximum atomic E-state index is 11.7. The maximum Gasteiger partial charge on any atom is 3.00 e. The number of carboxylic acid groups (broad SMARTS) is 3. The quantitative estimate of drug-likeness (QED) is 0.162. The van der Waals surface area contributed by atoms with Gasteiger partial charge in [0.2, 0.25) is 0 Å². The molecular weight excluding hydrogens is 856 g/mol. The fourth-order valence-corrected chi connectivity index (χ4v) is 6.55. The average Bonchev–Trinajstić information content (AvgIpc) is 3.15. The van der Waals surface area contributed by atoms with Gasteiger partial charge in [0.15, 0.2) is 0 Å². The van der Waals surface area contributed by atoms with Crippen molar-refractivity contribution in [3.8, 4) is 17.2 Å². The van der Waals surface area contributed by atoms with Gasteiger partial charge in [0.05, 0.1) is 36.2 Å². The first-order chi connectivity index (χ1) is 29.6. The Morgan fingerprint density at radius 2 is 0.567 bits per heavy atom. The zero-order valence-corrected chi connectivity index (χ0v) is 47.2. The summed E-state index contributed by atoms with van der Waals surface area (Å²) in [5, 5.41) is 35.0. The molecule has 67 heavy (non-hydrogen) atoms. The molecule has 0 spiro atoms. The first-order valence-corrected chi connectivity index (χ1v) is 23.8. The van der Waals surface area contributed by atoms with Crippen molar-refractivity contribution in [3.05, 3.63) is 86.5 Å². The van der Waals surface area contributed by atoms with Crippen molar-refractivity contribution >= 4 is 35.3 Å². The van der Waals surface area contributed by atoms with Crippen LogP contribution >= 0.6 is 0 Å². The minimum Gasteiger partial charge on any atom is -0.545 e. The summed E-state index contributed by atoms with van der Waals surface area (Å²) in [5.74, 6) is -2.20. The molecule has 0 fully saturated rings. The third-order valence-electron chi connectivity index (χ3n) is 11.6. The fraction of sp³-hybridized carbons (Fsp3) is 0.632. The molecule has 0 N–H and O–H groups in total. The van der Waals surface area contributed by atoms with E-state index in [4.69, 9.17) is 14.2 Å². The predicted molar refractivity (Wildman–Crippen MR) is 271 cm³/mol. The molecule has 3 atom stereocenters. The molecule has 0 saturated heterocycles. The van der Waals surface area contributed by atoms with Crippen LogP contribution in [0, 0.1) is 0 Å². The van der Waals surface area contributed by atoms with Crippen molar-refractivity contribution in [2.24, 2.45) is 0 Å². The van der Waals surface area contributed by atoms with Crippen LogP contribution in [-0.4, -0.2) is 53.6 Å². The Hall–Kier alpha value is -4.00. The molecule has 0 saturated carbocycles. The molecule has 3 aromatic carbocycles. The Labute approximate surface area is 417 Å². The molecule has 3 rings (SSSR count). The Morgan fingerprint density at radius 3 is 0.687 bits per heavy atom. The number of hydrogen-bond acceptors (Lipinski definition) is 9.